The predicted octanol–water partition coefficient (Wildman–Crippen LogP) is 6.92. The molecular weight excluding hydrogens is 486 g/mol. The average Bonchev–Trinajstić information content (AvgIpc) is 2.97. The summed E-state index contributed by atoms with van der Waals surface area (Å²) in [5, 5.41) is 4.16. The molecular formula is C33H39N3O3. The van der Waals surface area contributed by atoms with Crippen molar-refractivity contribution < 1.29 is 14.4 Å². The number of nitrogens with zero attached hydrogens (tertiary/aromatic N) is 3. The van der Waals surface area contributed by atoms with Gasteiger partial charge in [-0.3, -0.25) is 9.69 Å². The summed E-state index contributed by atoms with van der Waals surface area (Å²) in [6.07, 6.45) is 3.43. The fraction of sp³-hybridized carbons (Fsp3) is 0.364. The Morgan fingerprint density at radius 2 is 1.44 bits per heavy atom. The summed E-state index contributed by atoms with van der Waals surface area (Å²) in [6, 6.07) is 23.4. The van der Waals surface area contributed by atoms with Crippen LogP contribution in [-0.2, 0) is 9.63 Å². The molecule has 0 atom stereocenters. The minimum Gasteiger partial charge on any atom is -0.342 e. The van der Waals surface area contributed by atoms with Gasteiger partial charge in [-0.1, -0.05) is 48.0 Å². The number of oxime groups is 1. The monoisotopic (exact) mass is 525 g/mol. The number of hydrogen-bond donors (Lipinski definition) is 0. The first-order valence-corrected chi connectivity index (χ1v) is 13.8. The highest BCUT2D eigenvalue weighted by Gasteiger charge is 2.37. The Morgan fingerprint density at radius 3 is 2.00 bits per heavy atom. The minimum absolute atomic E-state index is 0.0295. The van der Waals surface area contributed by atoms with Crippen molar-refractivity contribution >= 4 is 28.8 Å². The third-order valence-electron chi connectivity index (χ3n) is 7.66. The Balaban J connectivity index is 1.43. The molecule has 6 heteroatoms. The van der Waals surface area contributed by atoms with Crippen LogP contribution in [0.3, 0.4) is 0 Å². The van der Waals surface area contributed by atoms with Crippen molar-refractivity contribution in [1.82, 2.24) is 4.90 Å². The van der Waals surface area contributed by atoms with Gasteiger partial charge in [-0.05, 0) is 108 Å². The van der Waals surface area contributed by atoms with Gasteiger partial charge in [-0.25, -0.2) is 4.79 Å². The maximum Gasteiger partial charge on any atom is 0.354 e. The summed E-state index contributed by atoms with van der Waals surface area (Å²) >= 11 is 0. The van der Waals surface area contributed by atoms with Crippen LogP contribution in [0, 0.1) is 6.92 Å². The number of rotatable bonds is 9. The fourth-order valence-electron chi connectivity index (χ4n) is 5.03. The number of aryl methyl sites for hydroxylation is 1. The van der Waals surface area contributed by atoms with Crippen LogP contribution in [0.5, 0.6) is 0 Å². The molecule has 39 heavy (non-hydrogen) atoms. The first-order chi connectivity index (χ1) is 18.7. The lowest BCUT2D eigenvalue weighted by molar-refractivity contribution is -0.157. The van der Waals surface area contributed by atoms with Gasteiger partial charge in [0, 0.05) is 29.0 Å². The van der Waals surface area contributed by atoms with Crippen LogP contribution < -0.4 is 4.90 Å². The number of benzene rings is 3. The van der Waals surface area contributed by atoms with Crippen LogP contribution in [0.2, 0.25) is 0 Å². The second-order valence-corrected chi connectivity index (χ2v) is 10.6. The molecule has 3 aromatic rings. The molecule has 1 fully saturated rings. The highest BCUT2D eigenvalue weighted by molar-refractivity contribution is 6.10. The van der Waals surface area contributed by atoms with E-state index in [0.717, 1.165) is 60.5 Å². The lowest BCUT2D eigenvalue weighted by atomic mass is 9.99. The van der Waals surface area contributed by atoms with E-state index >= 15 is 0 Å². The maximum absolute atomic E-state index is 13.0. The minimum atomic E-state index is -0.699. The molecule has 0 aromatic heterocycles. The van der Waals surface area contributed by atoms with Gasteiger partial charge in [-0.15, -0.1) is 0 Å². The Kier molecular flexibility index (Phi) is 8.97. The van der Waals surface area contributed by atoms with Crippen LogP contribution in [0.1, 0.15) is 74.0 Å². The quantitative estimate of drug-likeness (QED) is 0.131. The van der Waals surface area contributed by atoms with Crippen LogP contribution in [0.25, 0.3) is 0 Å². The second-order valence-electron chi connectivity index (χ2n) is 10.6. The van der Waals surface area contributed by atoms with Gasteiger partial charge in [0.2, 0.25) is 0 Å². The predicted molar refractivity (Wildman–Crippen MR) is 158 cm³/mol. The third kappa shape index (κ3) is 6.45. The van der Waals surface area contributed by atoms with Gasteiger partial charge in [0.1, 0.15) is 5.54 Å². The van der Waals surface area contributed by atoms with Crippen molar-refractivity contribution in [2.24, 2.45) is 5.16 Å². The summed E-state index contributed by atoms with van der Waals surface area (Å²) < 4.78 is 0. The molecule has 1 aliphatic heterocycles. The van der Waals surface area contributed by atoms with E-state index in [1.54, 1.807) is 0 Å². The Bertz CT molecular complexity index is 1320. The molecule has 204 valence electrons. The molecule has 0 N–H and O–H groups in total. The van der Waals surface area contributed by atoms with Crippen molar-refractivity contribution in [2.45, 2.75) is 59.4 Å². The lowest BCUT2D eigenvalue weighted by Crippen LogP contribution is -2.52. The van der Waals surface area contributed by atoms with Gasteiger partial charge in [0.25, 0.3) is 0 Å². The number of carbonyl (C=O) groups is 2. The molecule has 0 amide bonds. The van der Waals surface area contributed by atoms with Crippen molar-refractivity contribution in [2.75, 3.05) is 24.5 Å². The highest BCUT2D eigenvalue weighted by Crippen LogP contribution is 2.27. The van der Waals surface area contributed by atoms with E-state index in [2.05, 4.69) is 21.9 Å². The summed E-state index contributed by atoms with van der Waals surface area (Å²) in [6.45, 7) is 12.3. The van der Waals surface area contributed by atoms with Crippen LogP contribution in [-0.4, -0.2) is 47.5 Å². The van der Waals surface area contributed by atoms with Crippen molar-refractivity contribution in [3.05, 3.63) is 95.1 Å². The van der Waals surface area contributed by atoms with E-state index in [-0.39, 0.29) is 11.8 Å². The molecule has 1 aliphatic rings. The highest BCUT2D eigenvalue weighted by atomic mass is 16.7. The topological polar surface area (TPSA) is 62.2 Å². The number of piperidine rings is 1. The molecule has 0 spiro atoms. The second kappa shape index (κ2) is 12.4. The summed E-state index contributed by atoms with van der Waals surface area (Å²) in [5.41, 5.74) is 5.23. The normalized spacial score (nSPS) is 14.6. The Labute approximate surface area is 232 Å². The van der Waals surface area contributed by atoms with Crippen molar-refractivity contribution in [3.63, 3.8) is 0 Å². The van der Waals surface area contributed by atoms with Gasteiger partial charge < -0.3 is 9.74 Å². The van der Waals surface area contributed by atoms with E-state index in [0.29, 0.717) is 11.3 Å². The number of ketones is 1. The smallest absolute Gasteiger partial charge is 0.342 e. The molecule has 0 bridgehead atoms. The van der Waals surface area contributed by atoms with Crippen molar-refractivity contribution in [1.29, 1.82) is 0 Å². The number of anilines is 2. The van der Waals surface area contributed by atoms with E-state index < -0.39 is 5.54 Å². The summed E-state index contributed by atoms with van der Waals surface area (Å²) in [4.78, 5) is 35.5. The first kappa shape index (κ1) is 28.2. The van der Waals surface area contributed by atoms with Gasteiger partial charge in [0.05, 0.1) is 5.71 Å². The van der Waals surface area contributed by atoms with Gasteiger partial charge in [-0.2, -0.15) is 0 Å². The zero-order chi connectivity index (χ0) is 28.0. The van der Waals surface area contributed by atoms with E-state index in [4.69, 9.17) is 4.84 Å². The van der Waals surface area contributed by atoms with E-state index in [1.165, 1.54) is 6.42 Å². The fourth-order valence-corrected chi connectivity index (χ4v) is 5.03. The van der Waals surface area contributed by atoms with E-state index in [1.807, 2.05) is 100 Å². The maximum atomic E-state index is 13.0. The number of hydrogen-bond acceptors (Lipinski definition) is 6. The van der Waals surface area contributed by atoms with Crippen LogP contribution in [0.4, 0.5) is 11.4 Å². The standard InChI is InChI=1S/C33H39N3O3/c1-6-36(29-20-16-27(17-21-29)31(37)30-13-9-8-12-24(30)2)28-18-14-26(15-19-28)25(3)34-39-32(38)33(4,5)35-22-10-7-11-23-35/h8-9,12-21H,6-7,10-11,22-23H2,1-5H3/b34-25+. The lowest BCUT2D eigenvalue weighted by Gasteiger charge is -2.38. The van der Waals surface area contributed by atoms with Crippen LogP contribution in [0.15, 0.2) is 78.0 Å². The molecule has 4 rings (SSSR count). The van der Waals surface area contributed by atoms with Crippen LogP contribution >= 0.6 is 0 Å². The molecule has 3 aromatic carbocycles. The SMILES string of the molecule is CCN(c1ccc(C(=O)c2ccccc2C)cc1)c1ccc(/C(C)=N/OC(=O)C(C)(C)N2CCCCC2)cc1. The molecule has 0 unspecified atom stereocenters. The first-order valence-electron chi connectivity index (χ1n) is 13.8. The molecule has 0 radical (unpaired) electrons. The molecule has 6 nitrogen and oxygen atoms in total. The van der Waals surface area contributed by atoms with Gasteiger partial charge in [0.15, 0.2) is 5.78 Å². The largest absolute Gasteiger partial charge is 0.354 e. The zero-order valence-corrected chi connectivity index (χ0v) is 23.7. The third-order valence-corrected chi connectivity index (χ3v) is 7.66. The average molecular weight is 526 g/mol. The number of carbonyl (C=O) groups excluding carboxylic acids is 2. The number of likely N-dealkylation sites (tertiary alicyclic amines) is 1. The summed E-state index contributed by atoms with van der Waals surface area (Å²) in [5.74, 6) is -0.302. The molecule has 0 saturated carbocycles. The van der Waals surface area contributed by atoms with E-state index in [9.17, 15) is 9.59 Å². The molecule has 0 aliphatic carbocycles. The zero-order valence-electron chi connectivity index (χ0n) is 23.7. The van der Waals surface area contributed by atoms with Crippen molar-refractivity contribution in [3.8, 4) is 0 Å². The molecule has 1 heterocycles. The molecule has 1 saturated heterocycles. The Hall–Kier alpha value is -3.77. The Morgan fingerprint density at radius 1 is 0.872 bits per heavy atom. The van der Waals surface area contributed by atoms with Gasteiger partial charge >= 0.3 is 5.97 Å². The summed E-state index contributed by atoms with van der Waals surface area (Å²) in [7, 11) is 0.